The molecule has 0 saturated heterocycles. The molecule has 0 saturated carbocycles. The molecule has 0 bridgehead atoms. The van der Waals surface area contributed by atoms with Gasteiger partial charge >= 0.3 is 0 Å². The number of nitrogens with one attached hydrogen (secondary N) is 1. The molecule has 6 heteroatoms. The summed E-state index contributed by atoms with van der Waals surface area (Å²) in [5.74, 6) is -0.0727. The standard InChI is InChI=1S/C18H16ClNO2S2/c19-15-4-2-1-3-12(15)9-17(21)20-10-14-5-6-16(24-14)18(22)13-7-8-23-11-13/h1-8,11,18,22H,9-10H2,(H,20,21). The molecule has 24 heavy (non-hydrogen) atoms. The third-order valence-corrected chi connectivity index (χ3v) is 5.79. The molecule has 1 unspecified atom stereocenters. The fourth-order valence-corrected chi connectivity index (χ4v) is 4.14. The first-order valence-corrected chi connectivity index (χ1v) is 9.56. The van der Waals surface area contributed by atoms with Crippen LogP contribution in [0.2, 0.25) is 5.02 Å². The van der Waals surface area contributed by atoms with Gasteiger partial charge in [-0.3, -0.25) is 4.79 Å². The molecule has 124 valence electrons. The van der Waals surface area contributed by atoms with E-state index in [9.17, 15) is 9.90 Å². The summed E-state index contributed by atoms with van der Waals surface area (Å²) in [6.07, 6.45) is -0.344. The predicted octanol–water partition coefficient (Wildman–Crippen LogP) is 4.40. The molecule has 2 N–H and O–H groups in total. The average Bonchev–Trinajstić information content (AvgIpc) is 3.26. The number of thiophene rings is 2. The Kier molecular flexibility index (Phi) is 5.68. The maximum absolute atomic E-state index is 12.1. The summed E-state index contributed by atoms with van der Waals surface area (Å²) >= 11 is 9.13. The molecule has 1 amide bonds. The van der Waals surface area contributed by atoms with E-state index in [1.807, 2.05) is 47.2 Å². The van der Waals surface area contributed by atoms with Crippen LogP contribution in [0.4, 0.5) is 0 Å². The van der Waals surface area contributed by atoms with Crippen LogP contribution in [-0.4, -0.2) is 11.0 Å². The largest absolute Gasteiger partial charge is 0.383 e. The van der Waals surface area contributed by atoms with Crippen LogP contribution in [0, 0.1) is 0 Å². The zero-order valence-electron chi connectivity index (χ0n) is 12.7. The van der Waals surface area contributed by atoms with Crippen molar-refractivity contribution >= 4 is 40.2 Å². The Labute approximate surface area is 153 Å². The lowest BCUT2D eigenvalue weighted by Gasteiger charge is -2.06. The Balaban J connectivity index is 1.55. The first-order valence-electron chi connectivity index (χ1n) is 7.42. The Hall–Kier alpha value is -1.66. The van der Waals surface area contributed by atoms with Crippen molar-refractivity contribution in [1.82, 2.24) is 5.32 Å². The zero-order valence-corrected chi connectivity index (χ0v) is 15.1. The lowest BCUT2D eigenvalue weighted by Crippen LogP contribution is -2.24. The van der Waals surface area contributed by atoms with E-state index in [1.165, 1.54) is 11.3 Å². The normalized spacial score (nSPS) is 12.1. The fourth-order valence-electron chi connectivity index (χ4n) is 2.29. The molecule has 3 rings (SSSR count). The molecule has 0 aliphatic carbocycles. The van der Waals surface area contributed by atoms with Gasteiger partial charge in [-0.1, -0.05) is 29.8 Å². The van der Waals surface area contributed by atoms with E-state index < -0.39 is 6.10 Å². The second-order valence-corrected chi connectivity index (χ2v) is 7.70. The molecule has 2 aromatic heterocycles. The van der Waals surface area contributed by atoms with Gasteiger partial charge in [0.2, 0.25) is 5.91 Å². The quantitative estimate of drug-likeness (QED) is 0.668. The second-order valence-electron chi connectivity index (χ2n) is 5.31. The molecule has 0 aliphatic rings. The van der Waals surface area contributed by atoms with Crippen LogP contribution >= 0.6 is 34.3 Å². The topological polar surface area (TPSA) is 49.3 Å². The van der Waals surface area contributed by atoms with E-state index in [0.717, 1.165) is 20.9 Å². The van der Waals surface area contributed by atoms with Crippen LogP contribution < -0.4 is 5.32 Å². The molecule has 0 fully saturated rings. The first kappa shape index (κ1) is 17.2. The van der Waals surface area contributed by atoms with Gasteiger partial charge in [0.05, 0.1) is 13.0 Å². The highest BCUT2D eigenvalue weighted by Crippen LogP contribution is 2.29. The van der Waals surface area contributed by atoms with Crippen LogP contribution in [0.15, 0.2) is 53.2 Å². The number of amides is 1. The van der Waals surface area contributed by atoms with Crippen molar-refractivity contribution in [3.63, 3.8) is 0 Å². The highest BCUT2D eigenvalue weighted by molar-refractivity contribution is 7.12. The number of aliphatic hydroxyl groups excluding tert-OH is 1. The van der Waals surface area contributed by atoms with Crippen molar-refractivity contribution in [2.45, 2.75) is 19.1 Å². The van der Waals surface area contributed by atoms with Gasteiger partial charge in [-0.2, -0.15) is 11.3 Å². The van der Waals surface area contributed by atoms with Gasteiger partial charge in [0.15, 0.2) is 0 Å². The van der Waals surface area contributed by atoms with Gasteiger partial charge in [0.25, 0.3) is 0 Å². The summed E-state index contributed by atoms with van der Waals surface area (Å²) in [6, 6.07) is 13.1. The maximum atomic E-state index is 12.1. The Bertz CT molecular complexity index is 814. The molecule has 1 atom stereocenters. The third-order valence-electron chi connectivity index (χ3n) is 3.58. The smallest absolute Gasteiger partial charge is 0.224 e. The van der Waals surface area contributed by atoms with Crippen molar-refractivity contribution < 1.29 is 9.90 Å². The van der Waals surface area contributed by atoms with Crippen LogP contribution in [0.1, 0.15) is 27.0 Å². The molecule has 3 aromatic rings. The number of hydrogen-bond acceptors (Lipinski definition) is 4. The predicted molar refractivity (Wildman–Crippen MR) is 99.7 cm³/mol. The molecule has 1 aromatic carbocycles. The van der Waals surface area contributed by atoms with Gasteiger partial charge in [-0.25, -0.2) is 0 Å². The van der Waals surface area contributed by atoms with E-state index in [0.29, 0.717) is 11.6 Å². The highest BCUT2D eigenvalue weighted by Gasteiger charge is 2.14. The van der Waals surface area contributed by atoms with Crippen LogP contribution in [0.5, 0.6) is 0 Å². The molecule has 0 spiro atoms. The summed E-state index contributed by atoms with van der Waals surface area (Å²) in [6.45, 7) is 0.449. The van der Waals surface area contributed by atoms with Crippen molar-refractivity contribution in [3.8, 4) is 0 Å². The van der Waals surface area contributed by atoms with Gasteiger partial charge in [-0.05, 0) is 46.2 Å². The number of carbonyl (C=O) groups is 1. The summed E-state index contributed by atoms with van der Waals surface area (Å²) in [4.78, 5) is 13.9. The first-order chi connectivity index (χ1) is 11.6. The monoisotopic (exact) mass is 377 g/mol. The molecule has 0 aliphatic heterocycles. The molecule has 3 nitrogen and oxygen atoms in total. The van der Waals surface area contributed by atoms with Crippen LogP contribution in [0.3, 0.4) is 0 Å². The summed E-state index contributed by atoms with van der Waals surface area (Å²) in [5, 5.41) is 17.7. The summed E-state index contributed by atoms with van der Waals surface area (Å²) in [7, 11) is 0. The van der Waals surface area contributed by atoms with Gasteiger partial charge in [0, 0.05) is 14.8 Å². The van der Waals surface area contributed by atoms with E-state index in [-0.39, 0.29) is 12.3 Å². The van der Waals surface area contributed by atoms with Gasteiger partial charge in [0.1, 0.15) is 6.10 Å². The summed E-state index contributed by atoms with van der Waals surface area (Å²) < 4.78 is 0. The molecule has 2 heterocycles. The van der Waals surface area contributed by atoms with Crippen LogP contribution in [-0.2, 0) is 17.8 Å². The minimum absolute atomic E-state index is 0.0727. The highest BCUT2D eigenvalue weighted by atomic mass is 35.5. The molecular formula is C18H16ClNO2S2. The Morgan fingerprint density at radius 3 is 2.79 bits per heavy atom. The van der Waals surface area contributed by atoms with E-state index >= 15 is 0 Å². The second kappa shape index (κ2) is 7.94. The van der Waals surface area contributed by atoms with Gasteiger partial charge < -0.3 is 10.4 Å². The number of aliphatic hydroxyl groups is 1. The number of carbonyl (C=O) groups excluding carboxylic acids is 1. The number of benzene rings is 1. The number of hydrogen-bond donors (Lipinski definition) is 2. The lowest BCUT2D eigenvalue weighted by atomic mass is 10.1. The number of halogens is 1. The lowest BCUT2D eigenvalue weighted by molar-refractivity contribution is -0.120. The fraction of sp³-hybridized carbons (Fsp3) is 0.167. The Morgan fingerprint density at radius 2 is 2.04 bits per heavy atom. The van der Waals surface area contributed by atoms with Gasteiger partial charge in [-0.15, -0.1) is 11.3 Å². The number of rotatable bonds is 6. The van der Waals surface area contributed by atoms with E-state index in [2.05, 4.69) is 5.32 Å². The molecular weight excluding hydrogens is 362 g/mol. The van der Waals surface area contributed by atoms with Crippen molar-refractivity contribution in [2.75, 3.05) is 0 Å². The average molecular weight is 378 g/mol. The van der Waals surface area contributed by atoms with Crippen LogP contribution in [0.25, 0.3) is 0 Å². The SMILES string of the molecule is O=C(Cc1ccccc1Cl)NCc1ccc(C(O)c2ccsc2)s1. The van der Waals surface area contributed by atoms with Crippen molar-refractivity contribution in [2.24, 2.45) is 0 Å². The van der Waals surface area contributed by atoms with Crippen molar-refractivity contribution in [1.29, 1.82) is 0 Å². The minimum Gasteiger partial charge on any atom is -0.383 e. The third kappa shape index (κ3) is 4.24. The van der Waals surface area contributed by atoms with E-state index in [1.54, 1.807) is 17.4 Å². The van der Waals surface area contributed by atoms with Crippen molar-refractivity contribution in [3.05, 3.63) is 79.1 Å². The zero-order chi connectivity index (χ0) is 16.9. The molecule has 0 radical (unpaired) electrons. The maximum Gasteiger partial charge on any atom is 0.224 e. The minimum atomic E-state index is -0.603. The Morgan fingerprint density at radius 1 is 1.21 bits per heavy atom. The van der Waals surface area contributed by atoms with E-state index in [4.69, 9.17) is 11.6 Å². The summed E-state index contributed by atoms with van der Waals surface area (Å²) in [5.41, 5.74) is 1.72.